The summed E-state index contributed by atoms with van der Waals surface area (Å²) in [5.41, 5.74) is 6.68. The van der Waals surface area contributed by atoms with E-state index in [0.29, 0.717) is 44.8 Å². The Morgan fingerprint density at radius 2 is 1.94 bits per heavy atom. The first-order valence-electron chi connectivity index (χ1n) is 12.2. The molecule has 4 N–H and O–H groups in total. The second kappa shape index (κ2) is 10.6. The summed E-state index contributed by atoms with van der Waals surface area (Å²) in [6, 6.07) is 16.1. The van der Waals surface area contributed by atoms with Crippen LogP contribution in [0.5, 0.6) is 0 Å². The largest absolute Gasteiger partial charge is 0.481 e. The molecule has 0 fully saturated rings. The van der Waals surface area contributed by atoms with Gasteiger partial charge in [-0.2, -0.15) is 0 Å². The smallest absolute Gasteiger partial charge is 0.307 e. The minimum atomic E-state index is -0.854. The van der Waals surface area contributed by atoms with Gasteiger partial charge in [0, 0.05) is 37.4 Å². The summed E-state index contributed by atoms with van der Waals surface area (Å²) < 4.78 is 0. The third-order valence-corrected chi connectivity index (χ3v) is 6.49. The number of amides is 1. The number of fused-ring (bicyclic) bond motifs is 2. The number of H-pyrrole nitrogens is 1. The number of rotatable bonds is 9. The number of anilines is 2. The maximum atomic E-state index is 12.9. The van der Waals surface area contributed by atoms with Crippen molar-refractivity contribution >= 4 is 34.5 Å². The number of allylic oxidation sites excluding steroid dienone is 4. The number of aromatic amines is 1. The van der Waals surface area contributed by atoms with Crippen LogP contribution in [0.2, 0.25) is 0 Å². The topological polar surface area (TPSA) is 110 Å². The molecule has 1 aliphatic carbocycles. The van der Waals surface area contributed by atoms with Gasteiger partial charge in [0.05, 0.1) is 17.5 Å². The van der Waals surface area contributed by atoms with Crippen molar-refractivity contribution in [2.75, 3.05) is 18.4 Å². The number of para-hydroxylation sites is 2. The number of carboxylic acids is 1. The van der Waals surface area contributed by atoms with E-state index in [0.717, 1.165) is 39.1 Å². The SMILES string of the molecule is O=C(O)CC1=C2CC=CC=C2N(CCNCc2ccc(Nc3nc4ccccc4[nH]3)cc2)C(=O)CC1. The second-order valence-electron chi connectivity index (χ2n) is 8.98. The van der Waals surface area contributed by atoms with Crippen molar-refractivity contribution < 1.29 is 14.7 Å². The van der Waals surface area contributed by atoms with Gasteiger partial charge in [0.15, 0.2) is 0 Å². The number of carboxylic acid groups (broad SMARTS) is 1. The van der Waals surface area contributed by atoms with Gasteiger partial charge < -0.3 is 25.6 Å². The highest BCUT2D eigenvalue weighted by molar-refractivity contribution is 5.82. The van der Waals surface area contributed by atoms with E-state index in [-0.39, 0.29) is 12.3 Å². The lowest BCUT2D eigenvalue weighted by Crippen LogP contribution is -2.36. The summed E-state index contributed by atoms with van der Waals surface area (Å²) in [7, 11) is 0. The van der Waals surface area contributed by atoms with Gasteiger partial charge in [-0.05, 0) is 54.3 Å². The van der Waals surface area contributed by atoms with Gasteiger partial charge in [-0.15, -0.1) is 0 Å². The molecule has 2 aliphatic rings. The van der Waals surface area contributed by atoms with Crippen LogP contribution in [0.3, 0.4) is 0 Å². The fourth-order valence-corrected chi connectivity index (χ4v) is 4.71. The molecule has 184 valence electrons. The molecule has 1 amide bonds. The highest BCUT2D eigenvalue weighted by Gasteiger charge is 2.27. The van der Waals surface area contributed by atoms with Gasteiger partial charge in [0.2, 0.25) is 11.9 Å². The van der Waals surface area contributed by atoms with Crippen molar-refractivity contribution in [3.05, 3.63) is 89.2 Å². The molecular weight excluding hydrogens is 454 g/mol. The third kappa shape index (κ3) is 5.39. The number of benzene rings is 2. The molecule has 1 aliphatic heterocycles. The Morgan fingerprint density at radius 1 is 1.11 bits per heavy atom. The van der Waals surface area contributed by atoms with E-state index in [9.17, 15) is 14.7 Å². The van der Waals surface area contributed by atoms with Crippen molar-refractivity contribution in [2.24, 2.45) is 0 Å². The normalized spacial score (nSPS) is 15.6. The van der Waals surface area contributed by atoms with Gasteiger partial charge in [0.1, 0.15) is 0 Å². The summed E-state index contributed by atoms with van der Waals surface area (Å²) in [6.45, 7) is 1.85. The number of imidazole rings is 1. The average molecular weight is 484 g/mol. The minimum absolute atomic E-state index is 0.0128. The molecule has 8 heteroatoms. The number of hydrogen-bond acceptors (Lipinski definition) is 5. The van der Waals surface area contributed by atoms with Gasteiger partial charge in [0.25, 0.3) is 0 Å². The lowest BCUT2D eigenvalue weighted by atomic mass is 9.94. The summed E-state index contributed by atoms with van der Waals surface area (Å²) >= 11 is 0. The van der Waals surface area contributed by atoms with Crippen molar-refractivity contribution in [3.63, 3.8) is 0 Å². The van der Waals surface area contributed by atoms with Crippen LogP contribution in [0.25, 0.3) is 11.0 Å². The Morgan fingerprint density at radius 3 is 2.75 bits per heavy atom. The van der Waals surface area contributed by atoms with Gasteiger partial charge in [-0.25, -0.2) is 4.98 Å². The molecule has 36 heavy (non-hydrogen) atoms. The standard InChI is InChI=1S/C28H29N5O3/c34-26-14-11-20(17-27(35)36)22-5-1-4-8-25(22)33(26)16-15-29-18-19-9-12-21(13-10-19)30-28-31-23-6-2-3-7-24(23)32-28/h1-4,6-10,12-13,29H,5,11,14-18H2,(H,35,36)(H2,30,31,32). The van der Waals surface area contributed by atoms with E-state index < -0.39 is 5.97 Å². The van der Waals surface area contributed by atoms with Gasteiger partial charge in [-0.1, -0.05) is 42.0 Å². The van der Waals surface area contributed by atoms with Crippen molar-refractivity contribution in [2.45, 2.75) is 32.2 Å². The van der Waals surface area contributed by atoms with Crippen LogP contribution in [0.4, 0.5) is 11.6 Å². The Kier molecular flexibility index (Phi) is 6.95. The van der Waals surface area contributed by atoms with Crippen molar-refractivity contribution in [3.8, 4) is 0 Å². The number of aromatic nitrogens is 2. The van der Waals surface area contributed by atoms with E-state index in [1.807, 2.05) is 54.6 Å². The van der Waals surface area contributed by atoms with Crippen molar-refractivity contribution in [1.29, 1.82) is 0 Å². The first-order valence-corrected chi connectivity index (χ1v) is 12.2. The molecule has 2 heterocycles. The molecule has 0 saturated carbocycles. The monoisotopic (exact) mass is 483 g/mol. The van der Waals surface area contributed by atoms with Crippen LogP contribution < -0.4 is 10.6 Å². The molecule has 0 spiro atoms. The maximum absolute atomic E-state index is 12.9. The van der Waals surface area contributed by atoms with Crippen LogP contribution in [0.1, 0.15) is 31.2 Å². The van der Waals surface area contributed by atoms with E-state index in [1.165, 1.54) is 0 Å². The molecular formula is C28H29N5O3. The van der Waals surface area contributed by atoms with Crippen LogP contribution in [-0.2, 0) is 16.1 Å². The molecule has 0 radical (unpaired) electrons. The number of carbonyl (C=O) groups excluding carboxylic acids is 1. The fraction of sp³-hybridized carbons (Fsp3) is 0.250. The molecule has 3 aromatic rings. The zero-order chi connectivity index (χ0) is 24.9. The minimum Gasteiger partial charge on any atom is -0.481 e. The lowest BCUT2D eigenvalue weighted by Gasteiger charge is -2.27. The zero-order valence-corrected chi connectivity index (χ0v) is 20.0. The third-order valence-electron chi connectivity index (χ3n) is 6.49. The van der Waals surface area contributed by atoms with Crippen LogP contribution in [-0.4, -0.2) is 44.9 Å². The highest BCUT2D eigenvalue weighted by atomic mass is 16.4. The summed E-state index contributed by atoms with van der Waals surface area (Å²) in [6.07, 6.45) is 7.38. The molecule has 2 aromatic carbocycles. The Labute approximate surface area is 209 Å². The summed E-state index contributed by atoms with van der Waals surface area (Å²) in [5, 5.41) is 16.0. The lowest BCUT2D eigenvalue weighted by molar-refractivity contribution is -0.136. The van der Waals surface area contributed by atoms with E-state index in [2.05, 4.69) is 32.7 Å². The van der Waals surface area contributed by atoms with Crippen LogP contribution in [0.15, 0.2) is 83.6 Å². The van der Waals surface area contributed by atoms with Crippen molar-refractivity contribution in [1.82, 2.24) is 20.2 Å². The van der Waals surface area contributed by atoms with Crippen LogP contribution >= 0.6 is 0 Å². The molecule has 0 atom stereocenters. The molecule has 0 unspecified atom stereocenters. The Bertz CT molecular complexity index is 1330. The molecule has 8 nitrogen and oxygen atoms in total. The van der Waals surface area contributed by atoms with E-state index >= 15 is 0 Å². The number of nitrogens with one attached hydrogen (secondary N) is 3. The summed E-state index contributed by atoms with van der Waals surface area (Å²) in [4.78, 5) is 33.8. The predicted molar refractivity (Wildman–Crippen MR) is 140 cm³/mol. The first-order chi connectivity index (χ1) is 17.6. The van der Waals surface area contributed by atoms with E-state index in [4.69, 9.17) is 0 Å². The van der Waals surface area contributed by atoms with E-state index in [1.54, 1.807) is 4.90 Å². The van der Waals surface area contributed by atoms with Gasteiger partial charge >= 0.3 is 5.97 Å². The zero-order valence-electron chi connectivity index (χ0n) is 20.0. The predicted octanol–water partition coefficient (Wildman–Crippen LogP) is 4.63. The summed E-state index contributed by atoms with van der Waals surface area (Å²) in [5.74, 6) is -0.110. The molecule has 0 saturated heterocycles. The molecule has 5 rings (SSSR count). The number of hydrogen-bond donors (Lipinski definition) is 4. The van der Waals surface area contributed by atoms with Crippen LogP contribution in [0, 0.1) is 0 Å². The number of carbonyl (C=O) groups is 2. The quantitative estimate of drug-likeness (QED) is 0.330. The Hall–Kier alpha value is -4.17. The number of nitrogens with zero attached hydrogens (tertiary/aromatic N) is 2. The first kappa shape index (κ1) is 23.6. The molecule has 0 bridgehead atoms. The second-order valence-corrected chi connectivity index (χ2v) is 8.98. The Balaban J connectivity index is 1.16. The average Bonchev–Trinajstić information content (AvgIpc) is 3.24. The number of aliphatic carboxylic acids is 1. The fourth-order valence-electron chi connectivity index (χ4n) is 4.71. The molecule has 1 aromatic heterocycles. The highest BCUT2D eigenvalue weighted by Crippen LogP contribution is 2.33. The maximum Gasteiger partial charge on any atom is 0.307 e. The van der Waals surface area contributed by atoms with Gasteiger partial charge in [-0.3, -0.25) is 9.59 Å².